The molecule has 2 heterocycles. The lowest BCUT2D eigenvalue weighted by Crippen LogP contribution is -2.48. The molecule has 9 heteroatoms. The molecule has 1 aliphatic rings. The van der Waals surface area contributed by atoms with E-state index >= 15 is 0 Å². The summed E-state index contributed by atoms with van der Waals surface area (Å²) in [7, 11) is 1.71. The Morgan fingerprint density at radius 3 is 2.36 bits per heavy atom. The lowest BCUT2D eigenvalue weighted by atomic mass is 9.73. The molecule has 0 radical (unpaired) electrons. The van der Waals surface area contributed by atoms with E-state index in [0.717, 1.165) is 17.7 Å². The second-order valence-corrected chi connectivity index (χ2v) is 10.4. The fourth-order valence-electron chi connectivity index (χ4n) is 4.80. The van der Waals surface area contributed by atoms with Crippen molar-refractivity contribution in [3.8, 4) is 0 Å². The van der Waals surface area contributed by atoms with E-state index in [1.807, 2.05) is 51.1 Å². The number of ether oxygens (including phenoxy) is 2. The summed E-state index contributed by atoms with van der Waals surface area (Å²) in [5.41, 5.74) is 0.489. The number of likely N-dealkylation sites (tertiary alicyclic amines) is 1. The topological polar surface area (TPSA) is 56.6 Å². The van der Waals surface area contributed by atoms with Gasteiger partial charge in [0.15, 0.2) is 0 Å². The van der Waals surface area contributed by atoms with Crippen LogP contribution in [0.5, 0.6) is 0 Å². The summed E-state index contributed by atoms with van der Waals surface area (Å²) in [6, 6.07) is 12.2. The molecular weight excluding hydrogens is 471 g/mol. The Hall–Kier alpha value is -3.07. The van der Waals surface area contributed by atoms with Crippen LogP contribution in [0.4, 0.5) is 18.0 Å². The lowest BCUT2D eigenvalue weighted by molar-refractivity contribution is -0.137. The molecule has 1 aliphatic heterocycles. The summed E-state index contributed by atoms with van der Waals surface area (Å²) < 4.78 is 53.7. The third kappa shape index (κ3) is 5.67. The molecule has 0 spiro atoms. The molecule has 0 N–H and O–H groups in total. The molecule has 1 amide bonds. The molecule has 1 aromatic heterocycles. The van der Waals surface area contributed by atoms with Crippen molar-refractivity contribution in [1.29, 1.82) is 0 Å². The van der Waals surface area contributed by atoms with Crippen LogP contribution in [0.1, 0.15) is 50.3 Å². The van der Waals surface area contributed by atoms with Gasteiger partial charge in [-0.15, -0.1) is 0 Å². The van der Waals surface area contributed by atoms with Crippen molar-refractivity contribution in [3.63, 3.8) is 0 Å². The highest BCUT2D eigenvalue weighted by atomic mass is 19.4. The smallest absolute Gasteiger partial charge is 0.416 e. The van der Waals surface area contributed by atoms with E-state index in [-0.39, 0.29) is 18.1 Å². The van der Waals surface area contributed by atoms with Crippen LogP contribution in [-0.4, -0.2) is 46.1 Å². The number of aryl methyl sites for hydroxylation is 1. The fraction of sp³-hybridized carbons (Fsp3) is 0.481. The number of hydrogen-bond acceptors (Lipinski definition) is 4. The zero-order valence-corrected chi connectivity index (χ0v) is 21.1. The van der Waals surface area contributed by atoms with Gasteiger partial charge in [-0.25, -0.2) is 4.79 Å². The van der Waals surface area contributed by atoms with Crippen molar-refractivity contribution in [1.82, 2.24) is 14.7 Å². The number of aromatic nitrogens is 2. The molecule has 36 heavy (non-hydrogen) atoms. The summed E-state index contributed by atoms with van der Waals surface area (Å²) >= 11 is 0. The van der Waals surface area contributed by atoms with Gasteiger partial charge in [-0.3, -0.25) is 4.68 Å². The van der Waals surface area contributed by atoms with Gasteiger partial charge < -0.3 is 14.4 Å². The zero-order valence-electron chi connectivity index (χ0n) is 21.1. The summed E-state index contributed by atoms with van der Waals surface area (Å²) in [5, 5.41) is 4.56. The Morgan fingerprint density at radius 2 is 1.75 bits per heavy atom. The molecule has 0 bridgehead atoms. The van der Waals surface area contributed by atoms with E-state index in [1.54, 1.807) is 16.6 Å². The van der Waals surface area contributed by atoms with Crippen LogP contribution in [-0.2, 0) is 34.7 Å². The molecule has 194 valence electrons. The van der Waals surface area contributed by atoms with Gasteiger partial charge in [0, 0.05) is 36.5 Å². The Balaban J connectivity index is 1.53. The highest BCUT2D eigenvalue weighted by Gasteiger charge is 2.39. The first-order valence-corrected chi connectivity index (χ1v) is 12.0. The minimum atomic E-state index is -4.46. The van der Waals surface area contributed by atoms with Gasteiger partial charge in [-0.2, -0.15) is 18.3 Å². The summed E-state index contributed by atoms with van der Waals surface area (Å²) in [5.74, 6) is 0. The van der Waals surface area contributed by atoms with Gasteiger partial charge >= 0.3 is 12.3 Å². The van der Waals surface area contributed by atoms with Crippen molar-refractivity contribution >= 4 is 17.0 Å². The van der Waals surface area contributed by atoms with E-state index in [0.29, 0.717) is 49.0 Å². The molecule has 0 aliphatic carbocycles. The van der Waals surface area contributed by atoms with Crippen LogP contribution in [0.15, 0.2) is 48.7 Å². The van der Waals surface area contributed by atoms with Crippen molar-refractivity contribution in [2.75, 3.05) is 19.7 Å². The molecule has 4 rings (SSSR count). The average molecular weight is 504 g/mol. The van der Waals surface area contributed by atoms with Crippen LogP contribution in [0.25, 0.3) is 10.9 Å². The second-order valence-electron chi connectivity index (χ2n) is 10.4. The van der Waals surface area contributed by atoms with Crippen LogP contribution >= 0.6 is 0 Å². The van der Waals surface area contributed by atoms with Crippen molar-refractivity contribution in [3.05, 3.63) is 65.4 Å². The number of halogens is 3. The number of carbonyl (C=O) groups is 1. The Labute approximate surface area is 209 Å². The number of benzene rings is 2. The van der Waals surface area contributed by atoms with Gasteiger partial charge in [0.05, 0.1) is 30.5 Å². The summed E-state index contributed by atoms with van der Waals surface area (Å²) in [6.45, 7) is 6.85. The van der Waals surface area contributed by atoms with E-state index in [1.165, 1.54) is 6.20 Å². The van der Waals surface area contributed by atoms with Crippen molar-refractivity contribution < 1.29 is 27.4 Å². The Kier molecular flexibility index (Phi) is 7.05. The van der Waals surface area contributed by atoms with E-state index < -0.39 is 17.3 Å². The highest BCUT2D eigenvalue weighted by Crippen LogP contribution is 2.38. The Bertz CT molecular complexity index is 1210. The maximum atomic E-state index is 13.5. The third-order valence-corrected chi connectivity index (χ3v) is 6.63. The largest absolute Gasteiger partial charge is 0.444 e. The van der Waals surface area contributed by atoms with Crippen LogP contribution in [0, 0.1) is 0 Å². The SMILES string of the molecule is Cn1ncc2cc(C(F)(F)F)cc(COCC3(c4ccccc4)CCN(C(=O)OC(C)(C)C)CC3)c21. The number of carbonyl (C=O) groups excluding carboxylic acids is 1. The molecule has 0 unspecified atom stereocenters. The first-order chi connectivity index (χ1) is 16.9. The van der Waals surface area contributed by atoms with E-state index in [4.69, 9.17) is 9.47 Å². The van der Waals surface area contributed by atoms with Crippen LogP contribution < -0.4 is 0 Å². The molecule has 6 nitrogen and oxygen atoms in total. The first-order valence-electron chi connectivity index (χ1n) is 12.0. The molecule has 0 atom stereocenters. The zero-order chi connectivity index (χ0) is 26.1. The molecular formula is C27H32F3N3O3. The third-order valence-electron chi connectivity index (χ3n) is 6.63. The minimum Gasteiger partial charge on any atom is -0.444 e. The molecule has 1 fully saturated rings. The lowest BCUT2D eigenvalue weighted by Gasteiger charge is -2.42. The Morgan fingerprint density at radius 1 is 1.08 bits per heavy atom. The summed E-state index contributed by atoms with van der Waals surface area (Å²) in [6.07, 6.45) is -2.06. The maximum Gasteiger partial charge on any atom is 0.416 e. The second kappa shape index (κ2) is 9.76. The number of fused-ring (bicyclic) bond motifs is 1. The molecule has 3 aromatic rings. The van der Waals surface area contributed by atoms with Crippen LogP contribution in [0.2, 0.25) is 0 Å². The normalized spacial score (nSPS) is 16.4. The predicted octanol–water partition coefficient (Wildman–Crippen LogP) is 6.08. The van der Waals surface area contributed by atoms with Crippen LogP contribution in [0.3, 0.4) is 0 Å². The quantitative estimate of drug-likeness (QED) is 0.424. The fourth-order valence-corrected chi connectivity index (χ4v) is 4.80. The molecule has 0 saturated carbocycles. The minimum absolute atomic E-state index is 0.0182. The van der Waals surface area contributed by atoms with E-state index in [2.05, 4.69) is 5.10 Å². The van der Waals surface area contributed by atoms with Gasteiger partial charge in [0.2, 0.25) is 0 Å². The summed E-state index contributed by atoms with van der Waals surface area (Å²) in [4.78, 5) is 14.3. The van der Waals surface area contributed by atoms with Gasteiger partial charge in [-0.05, 0) is 51.3 Å². The number of rotatable bonds is 5. The standard InChI is InChI=1S/C27H32F3N3O3/c1-25(2,3)36-24(34)33-12-10-26(11-13-33,21-8-6-5-7-9-21)18-35-17-20-15-22(27(28,29)30)14-19-16-31-32(4)23(19)20/h5-9,14-16H,10-13,17-18H2,1-4H3. The molecule has 2 aromatic carbocycles. The number of alkyl halides is 3. The first kappa shape index (κ1) is 26.0. The molecule has 1 saturated heterocycles. The predicted molar refractivity (Wildman–Crippen MR) is 131 cm³/mol. The van der Waals surface area contributed by atoms with Gasteiger partial charge in [0.1, 0.15) is 5.60 Å². The van der Waals surface area contributed by atoms with Crippen molar-refractivity contribution in [2.24, 2.45) is 7.05 Å². The average Bonchev–Trinajstić information content (AvgIpc) is 3.19. The number of nitrogens with zero attached hydrogens (tertiary/aromatic N) is 3. The van der Waals surface area contributed by atoms with Crippen molar-refractivity contribution in [2.45, 2.75) is 57.4 Å². The number of amides is 1. The monoisotopic (exact) mass is 503 g/mol. The highest BCUT2D eigenvalue weighted by molar-refractivity contribution is 5.83. The van der Waals surface area contributed by atoms with E-state index in [9.17, 15) is 18.0 Å². The maximum absolute atomic E-state index is 13.5. The van der Waals surface area contributed by atoms with Gasteiger partial charge in [-0.1, -0.05) is 30.3 Å². The number of hydrogen-bond donors (Lipinski definition) is 0. The number of piperidine rings is 1. The van der Waals surface area contributed by atoms with Gasteiger partial charge in [0.25, 0.3) is 0 Å².